The van der Waals surface area contributed by atoms with E-state index in [0.717, 1.165) is 40.0 Å². The van der Waals surface area contributed by atoms with Crippen LogP contribution >= 0.6 is 11.3 Å². The van der Waals surface area contributed by atoms with Crippen LogP contribution in [0.5, 0.6) is 0 Å². The van der Waals surface area contributed by atoms with Gasteiger partial charge in [0.2, 0.25) is 0 Å². The normalized spacial score (nSPS) is 21.5. The number of aliphatic hydroxyl groups is 1. The zero-order chi connectivity index (χ0) is 22.0. The van der Waals surface area contributed by atoms with Gasteiger partial charge in [0.15, 0.2) is 0 Å². The summed E-state index contributed by atoms with van der Waals surface area (Å²) in [4.78, 5) is 30.8. The highest BCUT2D eigenvalue weighted by Crippen LogP contribution is 2.41. The lowest BCUT2D eigenvalue weighted by atomic mass is 9.90. The molecule has 3 heterocycles. The van der Waals surface area contributed by atoms with Gasteiger partial charge in [0.05, 0.1) is 11.5 Å². The standard InChI is InChI=1S/C23H31N3O4S/c1-25-12-8-23(29,9-13-25)22(28)26-11-7-16(15-26)19-17-5-3-4-6-18(17)31-20(19)21(27)24-10-14-30-2/h3-6,16,29H,7-15H2,1-2H3,(H,24,27). The van der Waals surface area contributed by atoms with E-state index in [-0.39, 0.29) is 17.7 Å². The number of rotatable bonds is 6. The second-order valence-electron chi connectivity index (χ2n) is 8.66. The number of amides is 2. The molecule has 7 nitrogen and oxygen atoms in total. The smallest absolute Gasteiger partial charge is 0.261 e. The zero-order valence-electron chi connectivity index (χ0n) is 18.2. The average molecular weight is 446 g/mol. The molecule has 1 atom stereocenters. The number of benzene rings is 1. The summed E-state index contributed by atoms with van der Waals surface area (Å²) in [5.74, 6) is -0.168. The molecule has 0 aliphatic carbocycles. The van der Waals surface area contributed by atoms with Crippen LogP contribution in [0.25, 0.3) is 10.1 Å². The molecule has 2 saturated heterocycles. The Morgan fingerprint density at radius 3 is 2.74 bits per heavy atom. The first kappa shape index (κ1) is 22.2. The zero-order valence-corrected chi connectivity index (χ0v) is 19.0. The Labute approximate surface area is 187 Å². The van der Waals surface area contributed by atoms with Crippen LogP contribution in [0.1, 0.15) is 40.4 Å². The van der Waals surface area contributed by atoms with Crippen molar-refractivity contribution in [1.82, 2.24) is 15.1 Å². The van der Waals surface area contributed by atoms with Gasteiger partial charge in [-0.25, -0.2) is 0 Å². The van der Waals surface area contributed by atoms with E-state index in [1.165, 1.54) is 11.3 Å². The number of piperidine rings is 1. The van der Waals surface area contributed by atoms with Crippen molar-refractivity contribution in [2.24, 2.45) is 0 Å². The van der Waals surface area contributed by atoms with Gasteiger partial charge in [-0.15, -0.1) is 11.3 Å². The van der Waals surface area contributed by atoms with Gasteiger partial charge >= 0.3 is 0 Å². The fraction of sp³-hybridized carbons (Fsp3) is 0.565. The summed E-state index contributed by atoms with van der Waals surface area (Å²) in [5.41, 5.74) is -0.237. The molecule has 4 rings (SSSR count). The number of thiophene rings is 1. The third kappa shape index (κ3) is 4.48. The Bertz CT molecular complexity index is 951. The van der Waals surface area contributed by atoms with E-state index in [1.54, 1.807) is 12.0 Å². The summed E-state index contributed by atoms with van der Waals surface area (Å²) < 4.78 is 6.13. The van der Waals surface area contributed by atoms with Crippen LogP contribution in [-0.4, -0.2) is 85.8 Å². The van der Waals surface area contributed by atoms with Crippen LogP contribution in [0.4, 0.5) is 0 Å². The predicted molar refractivity (Wildman–Crippen MR) is 122 cm³/mol. The largest absolute Gasteiger partial charge is 0.383 e. The quantitative estimate of drug-likeness (QED) is 0.665. The SMILES string of the molecule is COCCNC(=O)c1sc2ccccc2c1C1CCN(C(=O)C2(O)CCN(C)CC2)C1. The van der Waals surface area contributed by atoms with Gasteiger partial charge in [-0.1, -0.05) is 18.2 Å². The minimum Gasteiger partial charge on any atom is -0.383 e. The van der Waals surface area contributed by atoms with Crippen molar-refractivity contribution in [1.29, 1.82) is 0 Å². The molecule has 2 amide bonds. The number of nitrogens with zero attached hydrogens (tertiary/aromatic N) is 2. The third-order valence-electron chi connectivity index (χ3n) is 6.53. The van der Waals surface area contributed by atoms with Crippen molar-refractivity contribution >= 4 is 33.2 Å². The van der Waals surface area contributed by atoms with Gasteiger partial charge < -0.3 is 25.0 Å². The Hall–Kier alpha value is -2.00. The van der Waals surface area contributed by atoms with E-state index in [9.17, 15) is 14.7 Å². The number of carbonyl (C=O) groups excluding carboxylic acids is 2. The molecule has 0 saturated carbocycles. The highest BCUT2D eigenvalue weighted by Gasteiger charge is 2.43. The second kappa shape index (κ2) is 9.24. The molecule has 2 N–H and O–H groups in total. The monoisotopic (exact) mass is 445 g/mol. The Morgan fingerprint density at radius 1 is 1.26 bits per heavy atom. The van der Waals surface area contributed by atoms with Gasteiger partial charge in [0.25, 0.3) is 11.8 Å². The predicted octanol–water partition coefficient (Wildman–Crippen LogP) is 2.05. The van der Waals surface area contributed by atoms with Crippen LogP contribution in [-0.2, 0) is 9.53 Å². The lowest BCUT2D eigenvalue weighted by molar-refractivity contribution is -0.154. The van der Waals surface area contributed by atoms with Crippen LogP contribution in [0.3, 0.4) is 0 Å². The first-order valence-corrected chi connectivity index (χ1v) is 11.7. The first-order valence-electron chi connectivity index (χ1n) is 10.9. The summed E-state index contributed by atoms with van der Waals surface area (Å²) in [6.07, 6.45) is 1.73. The van der Waals surface area contributed by atoms with Gasteiger partial charge in [-0.05, 0) is 43.3 Å². The number of ether oxygens (including phenoxy) is 1. The molecular weight excluding hydrogens is 414 g/mol. The molecule has 31 heavy (non-hydrogen) atoms. The van der Waals surface area contributed by atoms with Crippen molar-refractivity contribution in [3.63, 3.8) is 0 Å². The van der Waals surface area contributed by atoms with E-state index in [4.69, 9.17) is 4.74 Å². The summed E-state index contributed by atoms with van der Waals surface area (Å²) in [6, 6.07) is 8.07. The van der Waals surface area contributed by atoms with Crippen molar-refractivity contribution in [2.45, 2.75) is 30.8 Å². The molecule has 2 aliphatic rings. The maximum absolute atomic E-state index is 13.2. The minimum atomic E-state index is -1.27. The fourth-order valence-electron chi connectivity index (χ4n) is 4.66. The summed E-state index contributed by atoms with van der Waals surface area (Å²) in [5, 5.41) is 15.0. The van der Waals surface area contributed by atoms with E-state index in [2.05, 4.69) is 16.3 Å². The lowest BCUT2D eigenvalue weighted by Crippen LogP contribution is -2.53. The molecule has 2 aromatic rings. The maximum Gasteiger partial charge on any atom is 0.261 e. The molecule has 1 aromatic carbocycles. The molecule has 1 aromatic heterocycles. The van der Waals surface area contributed by atoms with E-state index in [0.29, 0.717) is 39.1 Å². The molecule has 8 heteroatoms. The topological polar surface area (TPSA) is 82.1 Å². The minimum absolute atomic E-state index is 0.0816. The number of likely N-dealkylation sites (tertiary alicyclic amines) is 2. The molecule has 0 bridgehead atoms. The number of carbonyl (C=O) groups is 2. The molecule has 2 fully saturated rings. The van der Waals surface area contributed by atoms with Gasteiger partial charge in [0, 0.05) is 50.5 Å². The summed E-state index contributed by atoms with van der Waals surface area (Å²) >= 11 is 1.50. The fourth-order valence-corrected chi connectivity index (χ4v) is 5.87. The number of hydrogen-bond acceptors (Lipinski definition) is 6. The highest BCUT2D eigenvalue weighted by molar-refractivity contribution is 7.21. The van der Waals surface area contributed by atoms with E-state index in [1.807, 2.05) is 25.2 Å². The molecule has 0 radical (unpaired) electrons. The van der Waals surface area contributed by atoms with E-state index < -0.39 is 5.60 Å². The van der Waals surface area contributed by atoms with Crippen molar-refractivity contribution in [3.05, 3.63) is 34.7 Å². The van der Waals surface area contributed by atoms with E-state index >= 15 is 0 Å². The van der Waals surface area contributed by atoms with Crippen LogP contribution in [0.15, 0.2) is 24.3 Å². The van der Waals surface area contributed by atoms with Crippen molar-refractivity contribution in [2.75, 3.05) is 53.5 Å². The number of fused-ring (bicyclic) bond motifs is 1. The number of methoxy groups -OCH3 is 1. The Morgan fingerprint density at radius 2 is 2.00 bits per heavy atom. The third-order valence-corrected chi connectivity index (χ3v) is 7.71. The van der Waals surface area contributed by atoms with Crippen LogP contribution in [0, 0.1) is 0 Å². The number of nitrogens with one attached hydrogen (secondary N) is 1. The average Bonchev–Trinajstić information content (AvgIpc) is 3.40. The Balaban J connectivity index is 1.56. The van der Waals surface area contributed by atoms with Gasteiger partial charge in [-0.3, -0.25) is 9.59 Å². The highest BCUT2D eigenvalue weighted by atomic mass is 32.1. The van der Waals surface area contributed by atoms with Gasteiger partial charge in [0.1, 0.15) is 5.60 Å². The molecule has 0 spiro atoms. The maximum atomic E-state index is 13.2. The summed E-state index contributed by atoms with van der Waals surface area (Å²) in [7, 11) is 3.62. The summed E-state index contributed by atoms with van der Waals surface area (Å²) in [6.45, 7) is 3.51. The second-order valence-corrected chi connectivity index (χ2v) is 9.71. The van der Waals surface area contributed by atoms with Crippen molar-refractivity contribution < 1.29 is 19.4 Å². The van der Waals surface area contributed by atoms with Gasteiger partial charge in [-0.2, -0.15) is 0 Å². The molecule has 2 aliphatic heterocycles. The van der Waals surface area contributed by atoms with Crippen LogP contribution < -0.4 is 5.32 Å². The van der Waals surface area contributed by atoms with Crippen LogP contribution in [0.2, 0.25) is 0 Å². The lowest BCUT2D eigenvalue weighted by Gasteiger charge is -2.37. The first-order chi connectivity index (χ1) is 14.9. The van der Waals surface area contributed by atoms with Crippen molar-refractivity contribution in [3.8, 4) is 0 Å². The molecule has 168 valence electrons. The molecular formula is C23H31N3O4S. The number of hydrogen-bond donors (Lipinski definition) is 2. The Kier molecular flexibility index (Phi) is 6.62. The molecule has 1 unspecified atom stereocenters.